The van der Waals surface area contributed by atoms with Crippen LogP contribution in [0.2, 0.25) is 0 Å². The summed E-state index contributed by atoms with van der Waals surface area (Å²) in [6.45, 7) is 7.39. The number of nitrogens with zero attached hydrogens (tertiary/aromatic N) is 2. The predicted octanol–water partition coefficient (Wildman–Crippen LogP) is -0.308. The summed E-state index contributed by atoms with van der Waals surface area (Å²) in [4.78, 5) is 27.1. The number of hydrogen-bond acceptors (Lipinski definition) is 4. The minimum atomic E-state index is -0.00364. The van der Waals surface area contributed by atoms with Gasteiger partial charge in [0, 0.05) is 52.3 Å². The summed E-state index contributed by atoms with van der Waals surface area (Å²) in [6, 6.07) is 0.399. The molecular weight excluding hydrogens is 246 g/mol. The first-order valence-corrected chi connectivity index (χ1v) is 6.82. The first kappa shape index (κ1) is 15.9. The van der Waals surface area contributed by atoms with Gasteiger partial charge in [-0.05, 0) is 0 Å². The molecule has 19 heavy (non-hydrogen) atoms. The van der Waals surface area contributed by atoms with E-state index in [9.17, 15) is 9.59 Å². The van der Waals surface area contributed by atoms with Gasteiger partial charge in [-0.1, -0.05) is 13.8 Å². The van der Waals surface area contributed by atoms with E-state index in [2.05, 4.69) is 19.2 Å². The molecule has 1 aliphatic rings. The van der Waals surface area contributed by atoms with Crippen molar-refractivity contribution in [1.29, 1.82) is 0 Å². The molecule has 1 rings (SSSR count). The maximum absolute atomic E-state index is 11.9. The summed E-state index contributed by atoms with van der Waals surface area (Å²) in [7, 11) is 1.51. The van der Waals surface area contributed by atoms with Crippen molar-refractivity contribution >= 4 is 11.8 Å². The molecule has 1 aliphatic heterocycles. The minimum absolute atomic E-state index is 0.00364. The number of carbonyl (C=O) groups is 2. The van der Waals surface area contributed by atoms with Crippen LogP contribution in [-0.4, -0.2) is 74.1 Å². The Bertz CT molecular complexity index is 300. The lowest BCUT2D eigenvalue weighted by Crippen LogP contribution is -2.51. The highest BCUT2D eigenvalue weighted by Crippen LogP contribution is 2.04. The molecule has 0 atom stereocenters. The molecule has 0 spiro atoms. The molecule has 0 aromatic heterocycles. The van der Waals surface area contributed by atoms with Crippen molar-refractivity contribution in [3.8, 4) is 0 Å². The number of methoxy groups -OCH3 is 1. The molecule has 6 nitrogen and oxygen atoms in total. The highest BCUT2D eigenvalue weighted by atomic mass is 16.5. The predicted molar refractivity (Wildman–Crippen MR) is 72.8 cm³/mol. The van der Waals surface area contributed by atoms with Gasteiger partial charge < -0.3 is 19.9 Å². The van der Waals surface area contributed by atoms with Gasteiger partial charge in [0.2, 0.25) is 11.8 Å². The van der Waals surface area contributed by atoms with Crippen molar-refractivity contribution < 1.29 is 14.3 Å². The molecule has 1 heterocycles. The number of ether oxygens (including phenoxy) is 1. The van der Waals surface area contributed by atoms with Crippen LogP contribution in [0.25, 0.3) is 0 Å². The van der Waals surface area contributed by atoms with Gasteiger partial charge >= 0.3 is 0 Å². The summed E-state index contributed by atoms with van der Waals surface area (Å²) in [6.07, 6.45) is 0.518. The Kier molecular flexibility index (Phi) is 6.80. The monoisotopic (exact) mass is 271 g/mol. The molecule has 0 aromatic carbocycles. The lowest BCUT2D eigenvalue weighted by molar-refractivity contribution is -0.141. The van der Waals surface area contributed by atoms with Gasteiger partial charge in [0.25, 0.3) is 0 Å². The van der Waals surface area contributed by atoms with E-state index in [1.807, 2.05) is 4.90 Å². The van der Waals surface area contributed by atoms with Crippen LogP contribution < -0.4 is 5.32 Å². The van der Waals surface area contributed by atoms with Gasteiger partial charge in [-0.3, -0.25) is 9.59 Å². The molecular formula is C13H25N3O3. The Hall–Kier alpha value is -1.14. The highest BCUT2D eigenvalue weighted by molar-refractivity contribution is 5.79. The van der Waals surface area contributed by atoms with Crippen LogP contribution in [-0.2, 0) is 14.3 Å². The minimum Gasteiger partial charge on any atom is -0.375 e. The second-order valence-corrected chi connectivity index (χ2v) is 5.05. The molecule has 0 unspecified atom stereocenters. The fourth-order valence-corrected chi connectivity index (χ4v) is 2.05. The average molecular weight is 271 g/mol. The molecule has 0 bridgehead atoms. The largest absolute Gasteiger partial charge is 0.375 e. The normalized spacial score (nSPS) is 16.0. The van der Waals surface area contributed by atoms with Crippen LogP contribution in [0.3, 0.4) is 0 Å². The highest BCUT2D eigenvalue weighted by Gasteiger charge is 2.23. The lowest BCUT2D eigenvalue weighted by Gasteiger charge is -2.34. The summed E-state index contributed by atoms with van der Waals surface area (Å²) in [5.74, 6) is 0.156. The quantitative estimate of drug-likeness (QED) is 0.720. The summed E-state index contributed by atoms with van der Waals surface area (Å²) in [5.41, 5.74) is 0. The fourth-order valence-electron chi connectivity index (χ4n) is 2.05. The summed E-state index contributed by atoms with van der Waals surface area (Å²) >= 11 is 0. The van der Waals surface area contributed by atoms with Gasteiger partial charge in [0.1, 0.15) is 6.61 Å². The number of nitrogens with one attached hydrogen (secondary N) is 1. The molecule has 0 saturated carbocycles. The SMILES string of the molecule is COCC(=O)N1CCN(C(=O)CCNC(C)C)CC1. The number of hydrogen-bond donors (Lipinski definition) is 1. The summed E-state index contributed by atoms with van der Waals surface area (Å²) < 4.78 is 4.83. The van der Waals surface area contributed by atoms with Gasteiger partial charge in [-0.2, -0.15) is 0 Å². The van der Waals surface area contributed by atoms with Gasteiger partial charge in [0.15, 0.2) is 0 Å². The van der Waals surface area contributed by atoms with Crippen molar-refractivity contribution in [2.75, 3.05) is 46.4 Å². The topological polar surface area (TPSA) is 61.9 Å². The van der Waals surface area contributed by atoms with E-state index < -0.39 is 0 Å². The maximum Gasteiger partial charge on any atom is 0.248 e. The van der Waals surface area contributed by atoms with Crippen LogP contribution in [0.5, 0.6) is 0 Å². The zero-order valence-corrected chi connectivity index (χ0v) is 12.1. The van der Waals surface area contributed by atoms with Crippen molar-refractivity contribution in [2.24, 2.45) is 0 Å². The fraction of sp³-hybridized carbons (Fsp3) is 0.846. The first-order chi connectivity index (χ1) is 9.04. The van der Waals surface area contributed by atoms with E-state index in [0.29, 0.717) is 45.2 Å². The molecule has 110 valence electrons. The van der Waals surface area contributed by atoms with E-state index in [0.717, 1.165) is 0 Å². The van der Waals surface area contributed by atoms with Crippen LogP contribution in [0.4, 0.5) is 0 Å². The summed E-state index contributed by atoms with van der Waals surface area (Å²) in [5, 5.41) is 3.23. The second kappa shape index (κ2) is 8.12. The van der Waals surface area contributed by atoms with Gasteiger partial charge in [-0.15, -0.1) is 0 Å². The van der Waals surface area contributed by atoms with Crippen LogP contribution in [0.15, 0.2) is 0 Å². The first-order valence-electron chi connectivity index (χ1n) is 6.82. The molecule has 2 amide bonds. The van der Waals surface area contributed by atoms with E-state index in [1.54, 1.807) is 4.90 Å². The van der Waals surface area contributed by atoms with Crippen LogP contribution in [0, 0.1) is 0 Å². The molecule has 0 aliphatic carbocycles. The number of rotatable bonds is 6. The zero-order chi connectivity index (χ0) is 14.3. The van der Waals surface area contributed by atoms with Crippen LogP contribution in [0.1, 0.15) is 20.3 Å². The maximum atomic E-state index is 11.9. The third-order valence-electron chi connectivity index (χ3n) is 3.14. The Labute approximate surface area is 115 Å². The molecule has 1 fully saturated rings. The molecule has 1 N–H and O–H groups in total. The molecule has 6 heteroatoms. The van der Waals surface area contributed by atoms with Crippen molar-refractivity contribution in [3.05, 3.63) is 0 Å². The van der Waals surface area contributed by atoms with E-state index in [-0.39, 0.29) is 18.4 Å². The Morgan fingerprint density at radius 3 is 2.11 bits per heavy atom. The molecule has 1 saturated heterocycles. The van der Waals surface area contributed by atoms with Crippen molar-refractivity contribution in [2.45, 2.75) is 26.3 Å². The van der Waals surface area contributed by atoms with Crippen molar-refractivity contribution in [3.63, 3.8) is 0 Å². The van der Waals surface area contributed by atoms with E-state index in [4.69, 9.17) is 4.74 Å². The smallest absolute Gasteiger partial charge is 0.248 e. The Morgan fingerprint density at radius 1 is 1.11 bits per heavy atom. The number of carbonyl (C=O) groups excluding carboxylic acids is 2. The standard InChI is InChI=1S/C13H25N3O3/c1-11(2)14-5-4-12(17)15-6-8-16(9-7-15)13(18)10-19-3/h11,14H,4-10H2,1-3H3. The number of amides is 2. The zero-order valence-electron chi connectivity index (χ0n) is 12.1. The van der Waals surface area contributed by atoms with Crippen LogP contribution >= 0.6 is 0 Å². The second-order valence-electron chi connectivity index (χ2n) is 5.05. The van der Waals surface area contributed by atoms with Gasteiger partial charge in [-0.25, -0.2) is 0 Å². The molecule has 0 radical (unpaired) electrons. The van der Waals surface area contributed by atoms with E-state index in [1.165, 1.54) is 7.11 Å². The van der Waals surface area contributed by atoms with E-state index >= 15 is 0 Å². The Balaban J connectivity index is 2.25. The molecule has 0 aromatic rings. The average Bonchev–Trinajstić information content (AvgIpc) is 2.38. The van der Waals surface area contributed by atoms with Crippen molar-refractivity contribution in [1.82, 2.24) is 15.1 Å². The lowest BCUT2D eigenvalue weighted by atomic mass is 10.2. The Morgan fingerprint density at radius 2 is 1.63 bits per heavy atom. The third-order valence-corrected chi connectivity index (χ3v) is 3.14. The third kappa shape index (κ3) is 5.57. The van der Waals surface area contributed by atoms with Gasteiger partial charge in [0.05, 0.1) is 0 Å². The number of piperazine rings is 1.